The second-order valence-corrected chi connectivity index (χ2v) is 7.97. The minimum Gasteiger partial charge on any atom is -0.350 e. The number of unbranched alkanes of at least 4 members (excludes halogenated alkanes) is 1. The SMILES string of the molecule is O=C(NCCc1ccccc1)c1csc(CCCCc2nc3ccccc3[nH]2)n1. The number of carbonyl (C=O) groups is 1. The number of para-hydroxylation sites is 2. The number of H-pyrrole nitrogens is 1. The first kappa shape index (κ1) is 19.3. The predicted octanol–water partition coefficient (Wildman–Crippen LogP) is 4.56. The summed E-state index contributed by atoms with van der Waals surface area (Å²) < 4.78 is 0. The average Bonchev–Trinajstić information content (AvgIpc) is 3.38. The molecule has 2 N–H and O–H groups in total. The van der Waals surface area contributed by atoms with Gasteiger partial charge in [-0.25, -0.2) is 9.97 Å². The fourth-order valence-corrected chi connectivity index (χ4v) is 4.10. The van der Waals surface area contributed by atoms with Crippen molar-refractivity contribution in [2.75, 3.05) is 6.54 Å². The largest absolute Gasteiger partial charge is 0.350 e. The monoisotopic (exact) mass is 404 g/mol. The van der Waals surface area contributed by atoms with Gasteiger partial charge in [0.2, 0.25) is 0 Å². The number of aromatic nitrogens is 3. The first-order valence-corrected chi connectivity index (χ1v) is 10.9. The van der Waals surface area contributed by atoms with E-state index in [-0.39, 0.29) is 5.91 Å². The van der Waals surface area contributed by atoms with Crippen LogP contribution in [0.5, 0.6) is 0 Å². The third kappa shape index (κ3) is 5.29. The molecule has 5 nitrogen and oxygen atoms in total. The van der Waals surface area contributed by atoms with Gasteiger partial charge in [0.15, 0.2) is 0 Å². The summed E-state index contributed by atoms with van der Waals surface area (Å²) in [7, 11) is 0. The van der Waals surface area contributed by atoms with E-state index >= 15 is 0 Å². The minimum absolute atomic E-state index is 0.0919. The molecule has 4 rings (SSSR count). The second-order valence-electron chi connectivity index (χ2n) is 7.03. The first-order chi connectivity index (χ1) is 14.3. The maximum absolute atomic E-state index is 12.3. The smallest absolute Gasteiger partial charge is 0.270 e. The van der Waals surface area contributed by atoms with E-state index in [9.17, 15) is 4.79 Å². The van der Waals surface area contributed by atoms with Crippen molar-refractivity contribution in [2.45, 2.75) is 32.1 Å². The van der Waals surface area contributed by atoms with Gasteiger partial charge in [0.1, 0.15) is 11.5 Å². The zero-order valence-electron chi connectivity index (χ0n) is 16.2. The van der Waals surface area contributed by atoms with Crippen LogP contribution in [0.4, 0.5) is 0 Å². The highest BCUT2D eigenvalue weighted by molar-refractivity contribution is 7.09. The number of nitrogens with one attached hydrogen (secondary N) is 2. The Morgan fingerprint density at radius 3 is 2.59 bits per heavy atom. The number of benzene rings is 2. The highest BCUT2D eigenvalue weighted by atomic mass is 32.1. The molecule has 0 fully saturated rings. The van der Waals surface area contributed by atoms with E-state index in [0.29, 0.717) is 12.2 Å². The van der Waals surface area contributed by atoms with Crippen LogP contribution in [0.3, 0.4) is 0 Å². The van der Waals surface area contributed by atoms with Crippen LogP contribution < -0.4 is 5.32 Å². The zero-order valence-corrected chi connectivity index (χ0v) is 17.0. The van der Waals surface area contributed by atoms with E-state index < -0.39 is 0 Å². The number of rotatable bonds is 9. The van der Waals surface area contributed by atoms with Crippen molar-refractivity contribution < 1.29 is 4.79 Å². The van der Waals surface area contributed by atoms with Gasteiger partial charge in [-0.15, -0.1) is 11.3 Å². The fraction of sp³-hybridized carbons (Fsp3) is 0.261. The second kappa shape index (κ2) is 9.47. The molecule has 2 aromatic carbocycles. The predicted molar refractivity (Wildman–Crippen MR) is 117 cm³/mol. The van der Waals surface area contributed by atoms with Gasteiger partial charge in [0.05, 0.1) is 16.0 Å². The Kier molecular flexibility index (Phi) is 6.32. The molecule has 2 aromatic heterocycles. The molecule has 2 heterocycles. The van der Waals surface area contributed by atoms with Crippen LogP contribution in [-0.4, -0.2) is 27.4 Å². The number of nitrogens with zero attached hydrogens (tertiary/aromatic N) is 2. The standard InChI is InChI=1S/C23H24N4OS/c28-23(24-15-14-17-8-2-1-3-9-17)20-16-29-22(27-20)13-7-6-12-21-25-18-10-4-5-11-19(18)26-21/h1-5,8-11,16H,6-7,12-15H2,(H,24,28)(H,25,26). The van der Waals surface area contributed by atoms with Gasteiger partial charge in [0.25, 0.3) is 5.91 Å². The summed E-state index contributed by atoms with van der Waals surface area (Å²) in [5, 5.41) is 5.83. The van der Waals surface area contributed by atoms with Crippen molar-refractivity contribution in [3.63, 3.8) is 0 Å². The lowest BCUT2D eigenvalue weighted by molar-refractivity contribution is 0.0949. The first-order valence-electron chi connectivity index (χ1n) is 9.98. The molecule has 0 aliphatic heterocycles. The summed E-state index contributed by atoms with van der Waals surface area (Å²) in [4.78, 5) is 24.7. The Bertz CT molecular complexity index is 1040. The summed E-state index contributed by atoms with van der Waals surface area (Å²) in [5.41, 5.74) is 3.85. The van der Waals surface area contributed by atoms with Crippen LogP contribution >= 0.6 is 11.3 Å². The van der Waals surface area contributed by atoms with Crippen molar-refractivity contribution >= 4 is 28.3 Å². The Balaban J connectivity index is 1.19. The maximum Gasteiger partial charge on any atom is 0.270 e. The lowest BCUT2D eigenvalue weighted by Crippen LogP contribution is -2.26. The Hall–Kier alpha value is -2.99. The summed E-state index contributed by atoms with van der Waals surface area (Å²) in [6, 6.07) is 18.3. The average molecular weight is 405 g/mol. The molecule has 148 valence electrons. The molecule has 0 saturated carbocycles. The molecular formula is C23H24N4OS. The summed E-state index contributed by atoms with van der Waals surface area (Å²) >= 11 is 1.56. The Labute approximate surface area is 174 Å². The van der Waals surface area contributed by atoms with E-state index in [2.05, 4.69) is 32.4 Å². The quantitative estimate of drug-likeness (QED) is 0.402. The molecule has 1 amide bonds. The highest BCUT2D eigenvalue weighted by Crippen LogP contribution is 2.15. The number of hydrogen-bond acceptors (Lipinski definition) is 4. The fourth-order valence-electron chi connectivity index (χ4n) is 3.28. The summed E-state index contributed by atoms with van der Waals surface area (Å²) in [6.45, 7) is 0.618. The maximum atomic E-state index is 12.3. The molecule has 4 aromatic rings. The van der Waals surface area contributed by atoms with E-state index in [4.69, 9.17) is 0 Å². The van der Waals surface area contributed by atoms with Gasteiger partial charge < -0.3 is 10.3 Å². The lowest BCUT2D eigenvalue weighted by Gasteiger charge is -2.03. The van der Waals surface area contributed by atoms with Crippen molar-refractivity contribution in [3.8, 4) is 0 Å². The molecule has 0 saturated heterocycles. The minimum atomic E-state index is -0.0919. The molecule has 0 atom stereocenters. The van der Waals surface area contributed by atoms with Crippen LogP contribution in [0.15, 0.2) is 60.0 Å². The van der Waals surface area contributed by atoms with Crippen LogP contribution in [0.1, 0.15) is 39.7 Å². The number of aryl methyl sites for hydroxylation is 2. The molecule has 0 aliphatic rings. The van der Waals surface area contributed by atoms with Crippen molar-refractivity contribution in [3.05, 3.63) is 82.1 Å². The third-order valence-corrected chi connectivity index (χ3v) is 5.73. The number of fused-ring (bicyclic) bond motifs is 1. The molecule has 0 aliphatic carbocycles. The zero-order chi connectivity index (χ0) is 19.9. The Morgan fingerprint density at radius 1 is 0.931 bits per heavy atom. The van der Waals surface area contributed by atoms with Crippen molar-refractivity contribution in [1.29, 1.82) is 0 Å². The summed E-state index contributed by atoms with van der Waals surface area (Å²) in [5.74, 6) is 0.939. The van der Waals surface area contributed by atoms with Crippen LogP contribution in [0, 0.1) is 0 Å². The molecule has 29 heavy (non-hydrogen) atoms. The Morgan fingerprint density at radius 2 is 1.72 bits per heavy atom. The van der Waals surface area contributed by atoms with Gasteiger partial charge in [-0.1, -0.05) is 42.5 Å². The van der Waals surface area contributed by atoms with Gasteiger partial charge in [-0.05, 0) is 43.4 Å². The van der Waals surface area contributed by atoms with E-state index in [0.717, 1.165) is 54.0 Å². The van der Waals surface area contributed by atoms with E-state index in [1.807, 2.05) is 47.8 Å². The molecular weight excluding hydrogens is 380 g/mol. The van der Waals surface area contributed by atoms with Crippen LogP contribution in [0.2, 0.25) is 0 Å². The van der Waals surface area contributed by atoms with Gasteiger partial charge in [0, 0.05) is 18.3 Å². The van der Waals surface area contributed by atoms with Crippen LogP contribution in [-0.2, 0) is 19.3 Å². The number of hydrogen-bond donors (Lipinski definition) is 2. The normalized spacial score (nSPS) is 11.0. The molecule has 0 unspecified atom stereocenters. The van der Waals surface area contributed by atoms with Gasteiger partial charge >= 0.3 is 0 Å². The van der Waals surface area contributed by atoms with Gasteiger partial charge in [-0.2, -0.15) is 0 Å². The summed E-state index contributed by atoms with van der Waals surface area (Å²) in [6.07, 6.45) is 4.71. The van der Waals surface area contributed by atoms with E-state index in [1.165, 1.54) is 5.56 Å². The van der Waals surface area contributed by atoms with E-state index in [1.54, 1.807) is 11.3 Å². The number of aromatic amines is 1. The third-order valence-electron chi connectivity index (χ3n) is 4.82. The van der Waals surface area contributed by atoms with Crippen molar-refractivity contribution in [2.24, 2.45) is 0 Å². The number of amides is 1. The lowest BCUT2D eigenvalue weighted by atomic mass is 10.1. The number of imidazole rings is 1. The van der Waals surface area contributed by atoms with Crippen molar-refractivity contribution in [1.82, 2.24) is 20.3 Å². The molecule has 0 spiro atoms. The highest BCUT2D eigenvalue weighted by Gasteiger charge is 2.10. The van der Waals surface area contributed by atoms with Crippen LogP contribution in [0.25, 0.3) is 11.0 Å². The number of carbonyl (C=O) groups excluding carboxylic acids is 1. The molecule has 6 heteroatoms. The topological polar surface area (TPSA) is 70.7 Å². The molecule has 0 bridgehead atoms. The number of thiazole rings is 1. The van der Waals surface area contributed by atoms with Gasteiger partial charge in [-0.3, -0.25) is 4.79 Å². The molecule has 0 radical (unpaired) electrons.